The molecule has 94 valence electrons. The van der Waals surface area contributed by atoms with E-state index in [4.69, 9.17) is 5.73 Å². The van der Waals surface area contributed by atoms with Crippen LogP contribution in [-0.2, 0) is 4.79 Å². The van der Waals surface area contributed by atoms with Crippen LogP contribution < -0.4 is 5.73 Å². The summed E-state index contributed by atoms with van der Waals surface area (Å²) in [5.41, 5.74) is 5.80. The second-order valence-corrected chi connectivity index (χ2v) is 4.46. The molecule has 0 radical (unpaired) electrons. The topological polar surface area (TPSA) is 46.3 Å². The maximum Gasteiger partial charge on any atom is 0.225 e. The largest absolute Gasteiger partial charge is 0.346 e. The van der Waals surface area contributed by atoms with Gasteiger partial charge < -0.3 is 10.6 Å². The van der Waals surface area contributed by atoms with Crippen LogP contribution in [0.5, 0.6) is 0 Å². The van der Waals surface area contributed by atoms with E-state index in [-0.39, 0.29) is 30.3 Å². The van der Waals surface area contributed by atoms with E-state index in [1.54, 1.807) is 0 Å². The van der Waals surface area contributed by atoms with E-state index in [0.29, 0.717) is 0 Å². The van der Waals surface area contributed by atoms with Gasteiger partial charge in [0.25, 0.3) is 0 Å². The molecule has 2 atom stereocenters. The van der Waals surface area contributed by atoms with E-state index in [2.05, 4.69) is 6.58 Å². The summed E-state index contributed by atoms with van der Waals surface area (Å²) in [7, 11) is 1.88. The Morgan fingerprint density at radius 3 is 2.75 bits per heavy atom. The standard InChI is InChI=1S/C12H22N2O.ClH/c1-3-4-5-8-14(2)12(15)10-6-7-11(13)9-10;/h3,10-11H,1,4-9,13H2,2H3;1H. The minimum Gasteiger partial charge on any atom is -0.346 e. The molecule has 3 nitrogen and oxygen atoms in total. The molecule has 0 heterocycles. The normalized spacial score (nSPS) is 23.6. The van der Waals surface area contributed by atoms with E-state index in [0.717, 1.165) is 38.6 Å². The average molecular weight is 247 g/mol. The molecule has 0 aromatic carbocycles. The predicted octanol–water partition coefficient (Wildman–Crippen LogP) is 1.96. The van der Waals surface area contributed by atoms with Gasteiger partial charge in [-0.2, -0.15) is 0 Å². The van der Waals surface area contributed by atoms with Crippen molar-refractivity contribution >= 4 is 18.3 Å². The Morgan fingerprint density at radius 2 is 2.25 bits per heavy atom. The lowest BCUT2D eigenvalue weighted by molar-refractivity contribution is -0.134. The first kappa shape index (κ1) is 15.5. The van der Waals surface area contributed by atoms with Gasteiger partial charge in [0, 0.05) is 25.6 Å². The number of allylic oxidation sites excluding steroid dienone is 1. The van der Waals surface area contributed by atoms with Crippen molar-refractivity contribution in [2.24, 2.45) is 11.7 Å². The molecule has 0 bridgehead atoms. The minimum atomic E-state index is 0. The third-order valence-electron chi connectivity index (χ3n) is 3.10. The van der Waals surface area contributed by atoms with Gasteiger partial charge >= 0.3 is 0 Å². The number of unbranched alkanes of at least 4 members (excludes halogenated alkanes) is 1. The number of nitrogens with zero attached hydrogens (tertiary/aromatic N) is 1. The maximum absolute atomic E-state index is 11.9. The Labute approximate surface area is 104 Å². The molecule has 1 amide bonds. The number of halogens is 1. The molecule has 2 N–H and O–H groups in total. The molecule has 1 rings (SSSR count). The zero-order chi connectivity index (χ0) is 11.3. The van der Waals surface area contributed by atoms with Gasteiger partial charge in [0.05, 0.1) is 0 Å². The van der Waals surface area contributed by atoms with Crippen LogP contribution in [0.1, 0.15) is 32.1 Å². The highest BCUT2D eigenvalue weighted by atomic mass is 35.5. The monoisotopic (exact) mass is 246 g/mol. The van der Waals surface area contributed by atoms with E-state index >= 15 is 0 Å². The molecule has 0 saturated heterocycles. The van der Waals surface area contributed by atoms with Crippen molar-refractivity contribution in [2.45, 2.75) is 38.1 Å². The van der Waals surface area contributed by atoms with Crippen molar-refractivity contribution in [1.82, 2.24) is 4.90 Å². The van der Waals surface area contributed by atoms with Crippen LogP contribution in [0.15, 0.2) is 12.7 Å². The molecule has 16 heavy (non-hydrogen) atoms. The Bertz CT molecular complexity index is 233. The van der Waals surface area contributed by atoms with E-state index in [1.165, 1.54) is 0 Å². The Morgan fingerprint density at radius 1 is 1.56 bits per heavy atom. The van der Waals surface area contributed by atoms with Gasteiger partial charge in [-0.15, -0.1) is 19.0 Å². The van der Waals surface area contributed by atoms with Crippen LogP contribution in [0.2, 0.25) is 0 Å². The van der Waals surface area contributed by atoms with Crippen LogP contribution in [0.25, 0.3) is 0 Å². The Kier molecular flexibility index (Phi) is 7.43. The van der Waals surface area contributed by atoms with Gasteiger partial charge in [0.15, 0.2) is 0 Å². The summed E-state index contributed by atoms with van der Waals surface area (Å²) < 4.78 is 0. The number of hydrogen-bond acceptors (Lipinski definition) is 2. The molecule has 4 heteroatoms. The summed E-state index contributed by atoms with van der Waals surface area (Å²) in [5, 5.41) is 0. The van der Waals surface area contributed by atoms with Gasteiger partial charge in [-0.3, -0.25) is 4.79 Å². The highest BCUT2D eigenvalue weighted by Crippen LogP contribution is 2.25. The van der Waals surface area contributed by atoms with Crippen molar-refractivity contribution in [2.75, 3.05) is 13.6 Å². The van der Waals surface area contributed by atoms with Gasteiger partial charge in [0.2, 0.25) is 5.91 Å². The van der Waals surface area contributed by atoms with Crippen molar-refractivity contribution < 1.29 is 4.79 Å². The minimum absolute atomic E-state index is 0. The molecule has 0 aromatic heterocycles. The van der Waals surface area contributed by atoms with Crippen LogP contribution in [0, 0.1) is 5.92 Å². The van der Waals surface area contributed by atoms with Gasteiger partial charge in [-0.25, -0.2) is 0 Å². The lowest BCUT2D eigenvalue weighted by Gasteiger charge is -2.20. The molecule has 1 saturated carbocycles. The molecular weight excluding hydrogens is 224 g/mol. The van der Waals surface area contributed by atoms with Crippen molar-refractivity contribution in [3.63, 3.8) is 0 Å². The van der Waals surface area contributed by atoms with Crippen LogP contribution in [0.3, 0.4) is 0 Å². The molecule has 0 spiro atoms. The van der Waals surface area contributed by atoms with Crippen molar-refractivity contribution in [3.05, 3.63) is 12.7 Å². The molecule has 0 aromatic rings. The first-order chi connectivity index (χ1) is 7.15. The number of carbonyl (C=O) groups is 1. The average Bonchev–Trinajstić information content (AvgIpc) is 2.64. The summed E-state index contributed by atoms with van der Waals surface area (Å²) in [6.07, 6.45) is 6.70. The van der Waals surface area contributed by atoms with E-state index in [1.807, 2.05) is 18.0 Å². The van der Waals surface area contributed by atoms with E-state index in [9.17, 15) is 4.79 Å². The van der Waals surface area contributed by atoms with Crippen molar-refractivity contribution in [3.8, 4) is 0 Å². The van der Waals surface area contributed by atoms with Gasteiger partial charge in [0.1, 0.15) is 0 Å². The van der Waals surface area contributed by atoms with Crippen LogP contribution >= 0.6 is 12.4 Å². The Balaban J connectivity index is 0.00000225. The fourth-order valence-corrected chi connectivity index (χ4v) is 2.14. The summed E-state index contributed by atoms with van der Waals surface area (Å²) in [5.74, 6) is 0.445. The molecule has 1 aliphatic carbocycles. The smallest absolute Gasteiger partial charge is 0.225 e. The number of rotatable bonds is 5. The molecule has 0 aliphatic heterocycles. The first-order valence-electron chi connectivity index (χ1n) is 5.76. The number of amides is 1. The maximum atomic E-state index is 11.9. The molecule has 2 unspecified atom stereocenters. The quantitative estimate of drug-likeness (QED) is 0.596. The number of carbonyl (C=O) groups excluding carboxylic acids is 1. The zero-order valence-electron chi connectivity index (χ0n) is 10.0. The number of hydrogen-bond donors (Lipinski definition) is 1. The van der Waals surface area contributed by atoms with Crippen LogP contribution in [-0.4, -0.2) is 30.4 Å². The third-order valence-corrected chi connectivity index (χ3v) is 3.10. The summed E-state index contributed by atoms with van der Waals surface area (Å²) in [4.78, 5) is 13.8. The summed E-state index contributed by atoms with van der Waals surface area (Å²) in [6.45, 7) is 4.50. The zero-order valence-corrected chi connectivity index (χ0v) is 10.8. The SMILES string of the molecule is C=CCCCN(C)C(=O)C1CCC(N)C1.Cl. The molecular formula is C12H23ClN2O. The van der Waals surface area contributed by atoms with Gasteiger partial charge in [-0.05, 0) is 32.1 Å². The fraction of sp³-hybridized carbons (Fsp3) is 0.750. The van der Waals surface area contributed by atoms with Gasteiger partial charge in [-0.1, -0.05) is 6.08 Å². The van der Waals surface area contributed by atoms with Crippen molar-refractivity contribution in [1.29, 1.82) is 0 Å². The summed E-state index contributed by atoms with van der Waals surface area (Å²) in [6, 6.07) is 0.237. The molecule has 1 fully saturated rings. The summed E-state index contributed by atoms with van der Waals surface area (Å²) >= 11 is 0. The molecule has 1 aliphatic rings. The fourth-order valence-electron chi connectivity index (χ4n) is 2.14. The van der Waals surface area contributed by atoms with E-state index < -0.39 is 0 Å². The second-order valence-electron chi connectivity index (χ2n) is 4.46. The highest BCUT2D eigenvalue weighted by molar-refractivity contribution is 5.85. The Hall–Kier alpha value is -0.540. The second kappa shape index (κ2) is 7.69. The lowest BCUT2D eigenvalue weighted by Crippen LogP contribution is -2.33. The number of nitrogens with two attached hydrogens (primary N) is 1. The van der Waals surface area contributed by atoms with Crippen LogP contribution in [0.4, 0.5) is 0 Å². The lowest BCUT2D eigenvalue weighted by atomic mass is 10.1. The first-order valence-corrected chi connectivity index (χ1v) is 5.76. The predicted molar refractivity (Wildman–Crippen MR) is 69.6 cm³/mol. The third kappa shape index (κ3) is 4.54. The highest BCUT2D eigenvalue weighted by Gasteiger charge is 2.29.